The van der Waals surface area contributed by atoms with Gasteiger partial charge in [0.25, 0.3) is 5.92 Å². The Labute approximate surface area is 287 Å². The van der Waals surface area contributed by atoms with Gasteiger partial charge in [0, 0.05) is 29.8 Å². The number of ether oxygens (including phenoxy) is 1. The van der Waals surface area contributed by atoms with Crippen molar-refractivity contribution in [2.45, 2.75) is 57.5 Å². The average Bonchev–Trinajstić information content (AvgIpc) is 3.96. The predicted molar refractivity (Wildman–Crippen MR) is 186 cm³/mol. The van der Waals surface area contributed by atoms with Crippen LogP contribution in [-0.2, 0) is 15.5 Å². The molecule has 8 rings (SSSR count). The highest BCUT2D eigenvalue weighted by Gasteiger charge is 2.45. The quantitative estimate of drug-likeness (QED) is 0.166. The number of amides is 2. The van der Waals surface area contributed by atoms with Crippen LogP contribution in [0.15, 0.2) is 65.8 Å². The Hall–Kier alpha value is -5.39. The molecule has 256 valence electrons. The van der Waals surface area contributed by atoms with Crippen molar-refractivity contribution in [3.05, 3.63) is 83.6 Å². The van der Waals surface area contributed by atoms with Crippen LogP contribution in [0.1, 0.15) is 68.3 Å². The van der Waals surface area contributed by atoms with Gasteiger partial charge in [-0.25, -0.2) is 14.8 Å². The number of fused-ring (bicyclic) bond motifs is 4. The zero-order chi connectivity index (χ0) is 34.7. The minimum absolute atomic E-state index is 0.0256. The number of rotatable bonds is 7. The van der Waals surface area contributed by atoms with E-state index in [4.69, 9.17) is 9.72 Å². The van der Waals surface area contributed by atoms with E-state index in [0.29, 0.717) is 51.7 Å². The molecule has 1 fully saturated rings. The lowest BCUT2D eigenvalue weighted by Crippen LogP contribution is -2.51. The second kappa shape index (κ2) is 12.2. The summed E-state index contributed by atoms with van der Waals surface area (Å²) in [6.45, 7) is 5.08. The first-order chi connectivity index (χ1) is 24.1. The maximum absolute atomic E-state index is 16.2. The van der Waals surface area contributed by atoms with Gasteiger partial charge in [-0.2, -0.15) is 8.78 Å². The van der Waals surface area contributed by atoms with Crippen molar-refractivity contribution in [2.75, 3.05) is 20.2 Å². The van der Waals surface area contributed by atoms with Gasteiger partial charge in [-0.05, 0) is 78.1 Å². The van der Waals surface area contributed by atoms with Crippen LogP contribution in [0.3, 0.4) is 0 Å². The van der Waals surface area contributed by atoms with Gasteiger partial charge in [-0.3, -0.25) is 9.79 Å². The van der Waals surface area contributed by atoms with Crippen LogP contribution in [0.2, 0.25) is 0 Å². The molecule has 12 heteroatoms. The zero-order valence-electron chi connectivity index (χ0n) is 28.0. The number of methoxy groups -OCH3 is 1. The van der Waals surface area contributed by atoms with Gasteiger partial charge in [0.05, 0.1) is 41.8 Å². The zero-order valence-corrected chi connectivity index (χ0v) is 28.0. The fraction of sp³-hybridized carbons (Fsp3) is 0.342. The summed E-state index contributed by atoms with van der Waals surface area (Å²) < 4.78 is 37.1. The summed E-state index contributed by atoms with van der Waals surface area (Å²) in [4.78, 5) is 47.7. The first kappa shape index (κ1) is 31.9. The molecular formula is C38H37F2N7O3. The van der Waals surface area contributed by atoms with Gasteiger partial charge in [0.2, 0.25) is 5.91 Å². The van der Waals surface area contributed by atoms with E-state index in [-0.39, 0.29) is 29.0 Å². The number of alkyl halides is 2. The summed E-state index contributed by atoms with van der Waals surface area (Å²) in [5.41, 5.74) is 6.12. The minimum Gasteiger partial charge on any atom is -0.453 e. The fourth-order valence-corrected chi connectivity index (χ4v) is 7.48. The summed E-state index contributed by atoms with van der Waals surface area (Å²) in [6.07, 6.45) is 4.40. The van der Waals surface area contributed by atoms with Crippen LogP contribution in [-0.4, -0.2) is 68.8 Å². The molecule has 0 saturated carbocycles. The normalized spacial score (nSPS) is 18.3. The molecule has 0 spiro atoms. The number of aromatic nitrogens is 4. The van der Waals surface area contributed by atoms with E-state index in [1.807, 2.05) is 44.2 Å². The second-order valence-corrected chi connectivity index (χ2v) is 13.6. The molecule has 2 atom stereocenters. The number of imidazole rings is 2. The second-order valence-electron chi connectivity index (χ2n) is 13.6. The van der Waals surface area contributed by atoms with Crippen molar-refractivity contribution in [3.63, 3.8) is 0 Å². The number of H-pyrrole nitrogens is 2. The van der Waals surface area contributed by atoms with E-state index < -0.39 is 18.1 Å². The summed E-state index contributed by atoms with van der Waals surface area (Å²) in [6, 6.07) is 15.0. The monoisotopic (exact) mass is 677 g/mol. The lowest BCUT2D eigenvalue weighted by atomic mass is 9.98. The van der Waals surface area contributed by atoms with Crippen molar-refractivity contribution in [3.8, 4) is 33.5 Å². The number of nitrogens with zero attached hydrogens (tertiary/aromatic N) is 4. The molecule has 3 N–H and O–H groups in total. The Morgan fingerprint density at radius 1 is 0.980 bits per heavy atom. The van der Waals surface area contributed by atoms with Crippen molar-refractivity contribution < 1.29 is 23.1 Å². The number of hydrogen-bond acceptors (Lipinski definition) is 6. The molecule has 4 heterocycles. The van der Waals surface area contributed by atoms with E-state index in [1.54, 1.807) is 35.4 Å². The number of benzene rings is 3. The summed E-state index contributed by atoms with van der Waals surface area (Å²) in [5.74, 6) is -2.17. The molecule has 2 aromatic heterocycles. The van der Waals surface area contributed by atoms with Crippen LogP contribution in [0, 0.1) is 5.92 Å². The van der Waals surface area contributed by atoms with Gasteiger partial charge in [-0.1, -0.05) is 44.2 Å². The van der Waals surface area contributed by atoms with Crippen molar-refractivity contribution >= 4 is 28.7 Å². The van der Waals surface area contributed by atoms with Gasteiger partial charge < -0.3 is 24.9 Å². The van der Waals surface area contributed by atoms with E-state index in [1.165, 1.54) is 7.11 Å². The molecule has 1 aliphatic carbocycles. The van der Waals surface area contributed by atoms with E-state index >= 15 is 8.78 Å². The van der Waals surface area contributed by atoms with Crippen molar-refractivity contribution in [1.82, 2.24) is 30.2 Å². The highest BCUT2D eigenvalue weighted by atomic mass is 19.3. The van der Waals surface area contributed by atoms with Crippen LogP contribution in [0.4, 0.5) is 13.6 Å². The predicted octanol–water partition coefficient (Wildman–Crippen LogP) is 7.37. The largest absolute Gasteiger partial charge is 0.453 e. The number of alkyl carbamates (subject to hydrolysis) is 1. The number of likely N-dealkylation sites (tertiary alicyclic amines) is 1. The number of aliphatic imine (C=N–C) groups is 1. The molecular weight excluding hydrogens is 640 g/mol. The number of aromatic amines is 2. The van der Waals surface area contributed by atoms with Gasteiger partial charge in [0.15, 0.2) is 5.82 Å². The Morgan fingerprint density at radius 3 is 2.42 bits per heavy atom. The lowest BCUT2D eigenvalue weighted by molar-refractivity contribution is -0.135. The lowest BCUT2D eigenvalue weighted by Gasteiger charge is -2.29. The Bertz CT molecular complexity index is 2190. The Morgan fingerprint density at radius 2 is 1.70 bits per heavy atom. The van der Waals surface area contributed by atoms with E-state index in [9.17, 15) is 9.59 Å². The summed E-state index contributed by atoms with van der Waals surface area (Å²) in [7, 11) is 1.27. The molecule has 5 aromatic rings. The highest BCUT2D eigenvalue weighted by Crippen LogP contribution is 2.52. The number of nitrogens with one attached hydrogen (secondary N) is 3. The maximum atomic E-state index is 16.2. The van der Waals surface area contributed by atoms with Crippen LogP contribution in [0.25, 0.3) is 44.5 Å². The molecule has 2 unspecified atom stereocenters. The molecule has 50 heavy (non-hydrogen) atoms. The average molecular weight is 678 g/mol. The molecule has 10 nitrogen and oxygen atoms in total. The molecule has 3 aliphatic rings. The van der Waals surface area contributed by atoms with Crippen LogP contribution < -0.4 is 5.32 Å². The number of carbonyl (C=O) groups excluding carboxylic acids is 2. The third-order valence-electron chi connectivity index (χ3n) is 10.1. The first-order valence-electron chi connectivity index (χ1n) is 17.0. The standard InChI is InChI=1S/C38H37F2N7O3/c1-20(2)33(46-37(49)50-3)36(48)47-15-5-7-32(47)35-43-28-13-10-22(18-30(28)44-35)21-8-11-24-25-12-9-23(17-27(25)38(39,40)26(24)16-21)31-19-42-34(45-31)29-6-4-14-41-29/h8-13,16-20,32-33H,4-7,14-15H2,1-3H3,(H,42,45)(H,43,44)(H,46,49). The van der Waals surface area contributed by atoms with Gasteiger partial charge in [-0.15, -0.1) is 0 Å². The molecule has 0 radical (unpaired) electrons. The fourth-order valence-electron chi connectivity index (χ4n) is 7.48. The number of carbonyl (C=O) groups is 2. The topological polar surface area (TPSA) is 128 Å². The van der Waals surface area contributed by atoms with Crippen molar-refractivity contribution in [2.24, 2.45) is 10.9 Å². The third kappa shape index (κ3) is 5.33. The summed E-state index contributed by atoms with van der Waals surface area (Å²) in [5, 5.41) is 2.67. The maximum Gasteiger partial charge on any atom is 0.407 e. The smallest absolute Gasteiger partial charge is 0.407 e. The SMILES string of the molecule is COC(=O)NC(C(=O)N1CCCC1c1nc2ccc(-c3ccc4c(c3)C(F)(F)c3cc(-c5cnc(C6=NCCC6)[nH]5)ccc3-4)cc2[nH]1)C(C)C. The highest BCUT2D eigenvalue weighted by molar-refractivity contribution is 5.99. The Kier molecular flexibility index (Phi) is 7.76. The molecule has 0 bridgehead atoms. The molecule has 3 aromatic carbocycles. The summed E-state index contributed by atoms with van der Waals surface area (Å²) >= 11 is 0. The van der Waals surface area contributed by atoms with Gasteiger partial charge in [0.1, 0.15) is 11.9 Å². The first-order valence-corrected chi connectivity index (χ1v) is 17.0. The van der Waals surface area contributed by atoms with Crippen LogP contribution >= 0.6 is 0 Å². The number of halogens is 2. The van der Waals surface area contributed by atoms with Gasteiger partial charge >= 0.3 is 6.09 Å². The van der Waals surface area contributed by atoms with E-state index in [2.05, 4.69) is 25.3 Å². The molecule has 2 amide bonds. The van der Waals surface area contributed by atoms with E-state index in [0.717, 1.165) is 49.0 Å². The Balaban J connectivity index is 1.06. The minimum atomic E-state index is -3.19. The third-order valence-corrected chi connectivity index (χ3v) is 10.1. The number of hydrogen-bond donors (Lipinski definition) is 3. The molecule has 2 aliphatic heterocycles. The molecule has 1 saturated heterocycles. The van der Waals surface area contributed by atoms with Crippen LogP contribution in [0.5, 0.6) is 0 Å². The van der Waals surface area contributed by atoms with Crippen molar-refractivity contribution in [1.29, 1.82) is 0 Å².